The predicted octanol–water partition coefficient (Wildman–Crippen LogP) is -5.68. The number of carbonyl (C=O) groups is 1. The Hall–Kier alpha value is -0.850. The van der Waals surface area contributed by atoms with E-state index in [1.54, 1.807) is 0 Å². The molecule has 188 valence electrons. The lowest BCUT2D eigenvalue weighted by Gasteiger charge is -2.46. The minimum atomic E-state index is -1.88. The molecule has 0 aromatic heterocycles. The molecule has 0 aromatic carbocycles. The highest BCUT2D eigenvalue weighted by atomic mass is 16.7. The fraction of sp³-hybridized carbons (Fsp3) is 0.944. The third-order valence-electron chi connectivity index (χ3n) is 5.53. The van der Waals surface area contributed by atoms with E-state index >= 15 is 0 Å². The molecule has 0 saturated carbocycles. The van der Waals surface area contributed by atoms with Gasteiger partial charge in [-0.1, -0.05) is 0 Å². The lowest BCUT2D eigenvalue weighted by atomic mass is 9.97. The molecule has 2 aliphatic heterocycles. The number of aliphatic hydroxyl groups excluding tert-OH is 9. The summed E-state index contributed by atoms with van der Waals surface area (Å²) in [7, 11) is 0. The van der Waals surface area contributed by atoms with Crippen molar-refractivity contribution in [2.45, 2.75) is 99.7 Å². The zero-order valence-electron chi connectivity index (χ0n) is 17.4. The monoisotopic (exact) mass is 472 g/mol. The zero-order valence-corrected chi connectivity index (χ0v) is 17.4. The molecule has 2 saturated heterocycles. The SMILES string of the molecule is C[C@H](O)[C@H](O)[C@@H](O)[C@H](C=O)O[C@@H]1O[C@@H](C)[C@H](O)[C@@H](O[C@H]2O[C@H](CO)[C@@H](O)[C@H](O)[C@H]2O)[C@H]1O. The molecule has 14 heteroatoms. The highest BCUT2D eigenvalue weighted by molar-refractivity contribution is 5.57. The van der Waals surface area contributed by atoms with Crippen LogP contribution in [0.25, 0.3) is 0 Å². The van der Waals surface area contributed by atoms with Gasteiger partial charge in [-0.15, -0.1) is 0 Å². The molecule has 0 bridgehead atoms. The highest BCUT2D eigenvalue weighted by Crippen LogP contribution is 2.30. The summed E-state index contributed by atoms with van der Waals surface area (Å²) in [5.41, 5.74) is 0. The summed E-state index contributed by atoms with van der Waals surface area (Å²) in [5, 5.41) is 89.3. The van der Waals surface area contributed by atoms with Gasteiger partial charge in [-0.2, -0.15) is 0 Å². The quantitative estimate of drug-likeness (QED) is 0.142. The third-order valence-corrected chi connectivity index (χ3v) is 5.53. The van der Waals surface area contributed by atoms with Gasteiger partial charge in [0.05, 0.1) is 18.8 Å². The van der Waals surface area contributed by atoms with Crippen LogP contribution in [0.1, 0.15) is 13.8 Å². The van der Waals surface area contributed by atoms with E-state index in [1.807, 2.05) is 0 Å². The Kier molecular flexibility index (Phi) is 9.87. The Morgan fingerprint density at radius 1 is 0.875 bits per heavy atom. The van der Waals surface area contributed by atoms with Crippen LogP contribution in [0.2, 0.25) is 0 Å². The van der Waals surface area contributed by atoms with E-state index in [0.29, 0.717) is 0 Å². The van der Waals surface area contributed by atoms with E-state index in [-0.39, 0.29) is 6.29 Å². The average molecular weight is 472 g/mol. The average Bonchev–Trinajstić information content (AvgIpc) is 2.76. The summed E-state index contributed by atoms with van der Waals surface area (Å²) in [6.07, 6.45) is -22.5. The van der Waals surface area contributed by atoms with Gasteiger partial charge in [0, 0.05) is 0 Å². The number of rotatable bonds is 9. The van der Waals surface area contributed by atoms with Gasteiger partial charge in [-0.05, 0) is 13.8 Å². The van der Waals surface area contributed by atoms with Crippen molar-refractivity contribution < 1.29 is 69.7 Å². The van der Waals surface area contributed by atoms with Gasteiger partial charge in [0.15, 0.2) is 18.9 Å². The summed E-state index contributed by atoms with van der Waals surface area (Å²) in [4.78, 5) is 11.4. The molecule has 14 nitrogen and oxygen atoms in total. The topological polar surface area (TPSA) is 236 Å². The molecule has 0 aromatic rings. The van der Waals surface area contributed by atoms with Crippen molar-refractivity contribution in [3.05, 3.63) is 0 Å². The normalized spacial score (nSPS) is 44.5. The lowest BCUT2D eigenvalue weighted by Crippen LogP contribution is -2.64. The fourth-order valence-corrected chi connectivity index (χ4v) is 3.43. The minimum Gasteiger partial charge on any atom is -0.394 e. The van der Waals surface area contributed by atoms with E-state index < -0.39 is 92.4 Å². The molecule has 32 heavy (non-hydrogen) atoms. The maximum absolute atomic E-state index is 11.4. The summed E-state index contributed by atoms with van der Waals surface area (Å²) < 4.78 is 21.2. The molecule has 2 heterocycles. The molecule has 0 aliphatic carbocycles. The standard InChI is InChI=1S/C18H32O14/c1-5(21)9(22)11(24)7(3-19)31-18-15(28)16(10(23)6(2)29-18)32-17-14(27)13(26)12(25)8(4-20)30-17/h3,5-18,20-28H,4H2,1-2H3/t5-,6-,7-,8+,9-,10-,11-,12+,13-,14+,15+,16+,17+,18-/m0/s1. The Bertz CT molecular complexity index is 590. The predicted molar refractivity (Wildman–Crippen MR) is 99.6 cm³/mol. The Morgan fingerprint density at radius 3 is 2.03 bits per heavy atom. The summed E-state index contributed by atoms with van der Waals surface area (Å²) in [5.74, 6) is 0. The van der Waals surface area contributed by atoms with Crippen LogP contribution in [0.5, 0.6) is 0 Å². The van der Waals surface area contributed by atoms with E-state index in [1.165, 1.54) is 13.8 Å². The van der Waals surface area contributed by atoms with Gasteiger partial charge < -0.3 is 69.7 Å². The zero-order chi connectivity index (χ0) is 24.3. The number of aldehydes is 1. The van der Waals surface area contributed by atoms with Crippen LogP contribution in [0.3, 0.4) is 0 Å². The first-order valence-corrected chi connectivity index (χ1v) is 10.1. The van der Waals surface area contributed by atoms with E-state index in [9.17, 15) is 50.8 Å². The molecule has 2 rings (SSSR count). The second kappa shape index (κ2) is 11.5. The van der Waals surface area contributed by atoms with Crippen molar-refractivity contribution in [2.75, 3.05) is 6.61 Å². The van der Waals surface area contributed by atoms with Crippen LogP contribution in [-0.2, 0) is 23.7 Å². The van der Waals surface area contributed by atoms with E-state index in [4.69, 9.17) is 18.9 Å². The Morgan fingerprint density at radius 2 is 1.50 bits per heavy atom. The first-order chi connectivity index (χ1) is 14.9. The summed E-state index contributed by atoms with van der Waals surface area (Å²) in [6.45, 7) is 1.81. The molecule has 14 atom stereocenters. The molecule has 2 fully saturated rings. The molecule has 0 unspecified atom stereocenters. The number of ether oxygens (including phenoxy) is 4. The first kappa shape index (κ1) is 27.4. The molecule has 0 radical (unpaired) electrons. The van der Waals surface area contributed by atoms with Crippen LogP contribution in [0.4, 0.5) is 0 Å². The number of hydrogen-bond acceptors (Lipinski definition) is 14. The lowest BCUT2D eigenvalue weighted by molar-refractivity contribution is -0.361. The van der Waals surface area contributed by atoms with Crippen LogP contribution in [0, 0.1) is 0 Å². The van der Waals surface area contributed by atoms with Crippen LogP contribution >= 0.6 is 0 Å². The maximum Gasteiger partial charge on any atom is 0.187 e. The highest BCUT2D eigenvalue weighted by Gasteiger charge is 2.51. The second-order valence-corrected chi connectivity index (χ2v) is 7.95. The summed E-state index contributed by atoms with van der Waals surface area (Å²) in [6, 6.07) is 0. The largest absolute Gasteiger partial charge is 0.394 e. The van der Waals surface area contributed by atoms with Gasteiger partial charge in [-0.3, -0.25) is 0 Å². The van der Waals surface area contributed by atoms with E-state index in [2.05, 4.69) is 0 Å². The maximum atomic E-state index is 11.4. The molecule has 0 amide bonds. The van der Waals surface area contributed by atoms with Crippen LogP contribution < -0.4 is 0 Å². The molecular weight excluding hydrogens is 440 g/mol. The second-order valence-electron chi connectivity index (χ2n) is 7.95. The van der Waals surface area contributed by atoms with Crippen LogP contribution in [0.15, 0.2) is 0 Å². The van der Waals surface area contributed by atoms with Gasteiger partial charge in [-0.25, -0.2) is 0 Å². The van der Waals surface area contributed by atoms with Crippen molar-refractivity contribution in [3.8, 4) is 0 Å². The van der Waals surface area contributed by atoms with Gasteiger partial charge in [0.25, 0.3) is 0 Å². The molecule has 0 spiro atoms. The molecular formula is C18H32O14. The van der Waals surface area contributed by atoms with Crippen molar-refractivity contribution in [1.82, 2.24) is 0 Å². The van der Waals surface area contributed by atoms with Crippen LogP contribution in [-0.4, -0.2) is 145 Å². The van der Waals surface area contributed by atoms with Crippen molar-refractivity contribution >= 4 is 6.29 Å². The first-order valence-electron chi connectivity index (χ1n) is 10.1. The number of aliphatic hydroxyl groups is 9. The summed E-state index contributed by atoms with van der Waals surface area (Å²) >= 11 is 0. The van der Waals surface area contributed by atoms with Gasteiger partial charge in [0.1, 0.15) is 61.0 Å². The Labute approximate surface area is 183 Å². The Balaban J connectivity index is 2.15. The van der Waals surface area contributed by atoms with Crippen molar-refractivity contribution in [3.63, 3.8) is 0 Å². The fourth-order valence-electron chi connectivity index (χ4n) is 3.43. The molecule has 2 aliphatic rings. The smallest absolute Gasteiger partial charge is 0.187 e. The minimum absolute atomic E-state index is 0.121. The van der Waals surface area contributed by atoms with Crippen molar-refractivity contribution in [1.29, 1.82) is 0 Å². The van der Waals surface area contributed by atoms with E-state index in [0.717, 1.165) is 0 Å². The number of carbonyl (C=O) groups excluding carboxylic acids is 1. The molecule has 9 N–H and O–H groups in total. The van der Waals surface area contributed by atoms with Gasteiger partial charge >= 0.3 is 0 Å². The number of hydrogen-bond donors (Lipinski definition) is 9. The van der Waals surface area contributed by atoms with Gasteiger partial charge in [0.2, 0.25) is 0 Å². The third kappa shape index (κ3) is 5.79. The van der Waals surface area contributed by atoms with Crippen molar-refractivity contribution in [2.24, 2.45) is 0 Å².